The lowest BCUT2D eigenvalue weighted by atomic mass is 9.76. The highest BCUT2D eigenvalue weighted by Gasteiger charge is 2.41. The van der Waals surface area contributed by atoms with Crippen molar-refractivity contribution in [3.63, 3.8) is 0 Å². The van der Waals surface area contributed by atoms with Crippen molar-refractivity contribution in [2.45, 2.75) is 19.3 Å². The monoisotopic (exact) mass is 470 g/mol. The summed E-state index contributed by atoms with van der Waals surface area (Å²) in [4.78, 5) is 38.6. The van der Waals surface area contributed by atoms with Gasteiger partial charge in [0.1, 0.15) is 0 Å². The van der Waals surface area contributed by atoms with Crippen LogP contribution < -0.4 is 4.90 Å². The number of allylic oxidation sites excluding steroid dienone is 1. The van der Waals surface area contributed by atoms with Gasteiger partial charge < -0.3 is 4.74 Å². The number of rotatable bonds is 7. The summed E-state index contributed by atoms with van der Waals surface area (Å²) in [6.45, 7) is 1.55. The average molecular weight is 471 g/mol. The molecule has 0 N–H and O–H groups in total. The largest absolute Gasteiger partial charge is 0.452 e. The maximum absolute atomic E-state index is 13.6. The number of benzene rings is 3. The Morgan fingerprint density at radius 2 is 1.57 bits per heavy atom. The molecule has 2 atom stereocenters. The number of carbonyl (C=O) groups is 2. The van der Waals surface area contributed by atoms with E-state index in [1.54, 1.807) is 24.3 Å². The highest BCUT2D eigenvalue weighted by molar-refractivity contribution is 6.39. The lowest BCUT2D eigenvalue weighted by Crippen LogP contribution is -2.34. The number of nitro groups is 1. The molecule has 178 valence electrons. The normalized spacial score (nSPS) is 15.8. The number of anilines is 1. The van der Waals surface area contributed by atoms with E-state index in [2.05, 4.69) is 0 Å². The molecule has 1 heterocycles. The minimum Gasteiger partial charge on any atom is -0.452 e. The van der Waals surface area contributed by atoms with E-state index in [0.717, 1.165) is 16.0 Å². The van der Waals surface area contributed by atoms with Crippen molar-refractivity contribution in [2.24, 2.45) is 5.92 Å². The van der Waals surface area contributed by atoms with Gasteiger partial charge in [-0.05, 0) is 36.5 Å². The first-order chi connectivity index (χ1) is 16.9. The molecule has 3 aromatic rings. The molecule has 3 aromatic carbocycles. The first-order valence-corrected chi connectivity index (χ1v) is 11.4. The van der Waals surface area contributed by atoms with Crippen molar-refractivity contribution in [3.05, 3.63) is 117 Å². The van der Waals surface area contributed by atoms with Crippen molar-refractivity contribution < 1.29 is 19.2 Å². The number of carbonyl (C=O) groups excluding carboxylic acids is 2. The Kier molecular flexibility index (Phi) is 7.06. The Hall–Kier alpha value is -4.26. The van der Waals surface area contributed by atoms with Crippen molar-refractivity contribution in [3.8, 4) is 0 Å². The standard InChI is InChI=1S/C28H26N2O5/c1-19(26-22-15-9-10-16-25(22)30(27(26)31)28(32)35-2)23(17-20-11-5-3-6-12-20)24(18-29(33)34)21-13-7-4-8-14-21/h3-16,23-24H,17-18H2,1-2H3/b26-19-/t23-,24-/m0/s1. The van der Waals surface area contributed by atoms with Crippen LogP contribution in [0, 0.1) is 16.0 Å². The highest BCUT2D eigenvalue weighted by atomic mass is 16.6. The molecule has 7 heteroatoms. The zero-order valence-electron chi connectivity index (χ0n) is 19.6. The molecule has 7 nitrogen and oxygen atoms in total. The van der Waals surface area contributed by atoms with E-state index in [1.165, 1.54) is 7.11 Å². The predicted octanol–water partition coefficient (Wildman–Crippen LogP) is 5.49. The third-order valence-electron chi connectivity index (χ3n) is 6.50. The summed E-state index contributed by atoms with van der Waals surface area (Å²) >= 11 is 0. The lowest BCUT2D eigenvalue weighted by molar-refractivity contribution is -0.484. The number of para-hydroxylation sites is 1. The molecule has 4 rings (SSSR count). The molecule has 0 saturated heterocycles. The van der Waals surface area contributed by atoms with E-state index in [0.29, 0.717) is 28.8 Å². The Morgan fingerprint density at radius 1 is 0.971 bits per heavy atom. The summed E-state index contributed by atoms with van der Waals surface area (Å²) in [6.07, 6.45) is -0.271. The third kappa shape index (κ3) is 4.84. The second-order valence-electron chi connectivity index (χ2n) is 8.51. The fourth-order valence-corrected chi connectivity index (χ4v) is 4.85. The van der Waals surface area contributed by atoms with Crippen LogP contribution in [0.15, 0.2) is 90.5 Å². The summed E-state index contributed by atoms with van der Waals surface area (Å²) in [6, 6.07) is 26.1. The maximum atomic E-state index is 13.6. The Morgan fingerprint density at radius 3 is 2.20 bits per heavy atom. The molecule has 1 aliphatic rings. The molecular weight excluding hydrogens is 444 g/mol. The van der Waals surface area contributed by atoms with Crippen LogP contribution >= 0.6 is 0 Å². The molecule has 0 fully saturated rings. The fraction of sp³-hybridized carbons (Fsp3) is 0.214. The van der Waals surface area contributed by atoms with Crippen LogP contribution in [0.2, 0.25) is 0 Å². The topological polar surface area (TPSA) is 89.8 Å². The average Bonchev–Trinajstić information content (AvgIpc) is 3.18. The smallest absolute Gasteiger partial charge is 0.421 e. The number of hydrogen-bond donors (Lipinski definition) is 0. The SMILES string of the molecule is COC(=O)N1C(=O)/C(=C(/C)[C@H](Cc2ccccc2)[C@@H](C[N+](=O)[O-])c2ccccc2)c2ccccc21. The number of methoxy groups -OCH3 is 1. The van der Waals surface area contributed by atoms with Crippen LogP contribution in [0.25, 0.3) is 5.57 Å². The van der Waals surface area contributed by atoms with Gasteiger partial charge in [0.25, 0.3) is 5.91 Å². The minimum absolute atomic E-state index is 0.289. The maximum Gasteiger partial charge on any atom is 0.421 e. The summed E-state index contributed by atoms with van der Waals surface area (Å²) in [7, 11) is 1.23. The summed E-state index contributed by atoms with van der Waals surface area (Å²) < 4.78 is 4.87. The van der Waals surface area contributed by atoms with Gasteiger partial charge >= 0.3 is 6.09 Å². The second-order valence-corrected chi connectivity index (χ2v) is 8.51. The molecule has 2 amide bonds. The Labute approximate surface area is 203 Å². The summed E-state index contributed by atoms with van der Waals surface area (Å²) in [5.41, 5.74) is 3.98. The van der Waals surface area contributed by atoms with Crippen LogP contribution in [-0.2, 0) is 16.0 Å². The molecule has 0 saturated carbocycles. The summed E-state index contributed by atoms with van der Waals surface area (Å²) in [5, 5.41) is 11.8. The number of nitrogens with zero attached hydrogens (tertiary/aromatic N) is 2. The van der Waals surface area contributed by atoms with Gasteiger partial charge in [-0.15, -0.1) is 0 Å². The van der Waals surface area contributed by atoms with E-state index in [1.807, 2.05) is 67.6 Å². The van der Waals surface area contributed by atoms with Crippen LogP contribution in [0.3, 0.4) is 0 Å². The number of imide groups is 1. The van der Waals surface area contributed by atoms with Gasteiger partial charge in [0.2, 0.25) is 6.54 Å². The van der Waals surface area contributed by atoms with Gasteiger partial charge in [0, 0.05) is 16.1 Å². The van der Waals surface area contributed by atoms with Gasteiger partial charge in [-0.25, -0.2) is 9.69 Å². The molecule has 1 aliphatic heterocycles. The van der Waals surface area contributed by atoms with Crippen molar-refractivity contribution >= 4 is 23.3 Å². The van der Waals surface area contributed by atoms with Crippen LogP contribution in [0.1, 0.15) is 29.5 Å². The van der Waals surface area contributed by atoms with Gasteiger partial charge in [0.05, 0.1) is 18.7 Å². The molecular formula is C28H26N2O5. The van der Waals surface area contributed by atoms with Crippen molar-refractivity contribution in [1.29, 1.82) is 0 Å². The summed E-state index contributed by atoms with van der Waals surface area (Å²) in [5.74, 6) is -1.33. The first-order valence-electron chi connectivity index (χ1n) is 11.4. The van der Waals surface area contributed by atoms with E-state index < -0.39 is 17.9 Å². The zero-order valence-corrected chi connectivity index (χ0v) is 19.6. The predicted molar refractivity (Wildman–Crippen MR) is 134 cm³/mol. The van der Waals surface area contributed by atoms with Crippen LogP contribution in [0.4, 0.5) is 10.5 Å². The van der Waals surface area contributed by atoms with Crippen LogP contribution in [0.5, 0.6) is 0 Å². The first kappa shape index (κ1) is 23.9. The van der Waals surface area contributed by atoms with E-state index in [9.17, 15) is 19.7 Å². The van der Waals surface area contributed by atoms with E-state index >= 15 is 0 Å². The molecule has 0 unspecified atom stereocenters. The highest BCUT2D eigenvalue weighted by Crippen LogP contribution is 2.43. The molecule has 0 aromatic heterocycles. The Balaban J connectivity index is 1.91. The van der Waals surface area contributed by atoms with Crippen molar-refractivity contribution in [2.75, 3.05) is 18.6 Å². The number of hydrogen-bond acceptors (Lipinski definition) is 5. The van der Waals surface area contributed by atoms with Gasteiger partial charge in [-0.2, -0.15) is 0 Å². The molecule has 0 spiro atoms. The van der Waals surface area contributed by atoms with E-state index in [-0.39, 0.29) is 17.4 Å². The van der Waals surface area contributed by atoms with E-state index in [4.69, 9.17) is 4.74 Å². The van der Waals surface area contributed by atoms with Crippen LogP contribution in [-0.4, -0.2) is 30.6 Å². The molecule has 0 bridgehead atoms. The third-order valence-corrected chi connectivity index (χ3v) is 6.50. The van der Waals surface area contributed by atoms with Gasteiger partial charge in [0.15, 0.2) is 0 Å². The zero-order chi connectivity index (χ0) is 24.9. The fourth-order valence-electron chi connectivity index (χ4n) is 4.85. The molecule has 0 aliphatic carbocycles. The van der Waals surface area contributed by atoms with Gasteiger partial charge in [-0.3, -0.25) is 14.9 Å². The molecule has 0 radical (unpaired) electrons. The minimum atomic E-state index is -0.769. The quantitative estimate of drug-likeness (QED) is 0.259. The van der Waals surface area contributed by atoms with Gasteiger partial charge in [-0.1, -0.05) is 84.4 Å². The second kappa shape index (κ2) is 10.3. The van der Waals surface area contributed by atoms with Crippen molar-refractivity contribution in [1.82, 2.24) is 0 Å². The number of ether oxygens (including phenoxy) is 1. The molecule has 35 heavy (non-hydrogen) atoms. The Bertz CT molecular complexity index is 1270. The number of amides is 2. The lowest BCUT2D eigenvalue weighted by Gasteiger charge is -2.27. The number of fused-ring (bicyclic) bond motifs is 1.